The van der Waals surface area contributed by atoms with Crippen LogP contribution in [0.15, 0.2) is 0 Å². The predicted octanol–water partition coefficient (Wildman–Crippen LogP) is 1.54. The molecule has 0 fully saturated rings. The molecule has 0 aliphatic heterocycles. The van der Waals surface area contributed by atoms with E-state index in [9.17, 15) is 4.79 Å². The molecule has 0 spiro atoms. The van der Waals surface area contributed by atoms with E-state index in [0.29, 0.717) is 0 Å². The van der Waals surface area contributed by atoms with E-state index in [0.717, 1.165) is 0 Å². The SMILES string of the molecule is C[C@@H](Cl)C(=O)Br. The number of alkyl halides is 1. The van der Waals surface area contributed by atoms with E-state index in [1.54, 1.807) is 6.92 Å². The van der Waals surface area contributed by atoms with Crippen LogP contribution in [0, 0.1) is 0 Å². The maximum Gasteiger partial charge on any atom is 0.215 e. The lowest BCUT2D eigenvalue weighted by molar-refractivity contribution is -0.109. The molecule has 0 radical (unpaired) electrons. The lowest BCUT2D eigenvalue weighted by Crippen LogP contribution is -1.98. The van der Waals surface area contributed by atoms with Gasteiger partial charge in [0.05, 0.1) is 0 Å². The van der Waals surface area contributed by atoms with E-state index in [2.05, 4.69) is 15.9 Å². The number of hydrogen-bond acceptors (Lipinski definition) is 1. The Kier molecular flexibility index (Phi) is 2.78. The van der Waals surface area contributed by atoms with Crippen molar-refractivity contribution in [3.05, 3.63) is 0 Å². The van der Waals surface area contributed by atoms with Crippen LogP contribution in [0.4, 0.5) is 0 Å². The van der Waals surface area contributed by atoms with Gasteiger partial charge in [-0.3, -0.25) is 4.79 Å². The summed E-state index contributed by atoms with van der Waals surface area (Å²) in [7, 11) is 0. The van der Waals surface area contributed by atoms with Crippen LogP contribution in [0.5, 0.6) is 0 Å². The van der Waals surface area contributed by atoms with Gasteiger partial charge in [-0.1, -0.05) is 0 Å². The molecule has 1 atom stereocenters. The first-order chi connectivity index (χ1) is 2.64. The molecule has 0 N–H and O–H groups in total. The molecule has 0 saturated heterocycles. The maximum absolute atomic E-state index is 9.93. The fourth-order valence-electron chi connectivity index (χ4n) is 0. The summed E-state index contributed by atoms with van der Waals surface area (Å²) in [5.74, 6) is 0. The van der Waals surface area contributed by atoms with Crippen molar-refractivity contribution in [1.29, 1.82) is 0 Å². The Bertz CT molecular complexity index is 61.8. The number of hydrogen-bond donors (Lipinski definition) is 0. The van der Waals surface area contributed by atoms with Crippen LogP contribution in [-0.2, 0) is 4.79 Å². The highest BCUT2D eigenvalue weighted by Gasteiger charge is 2.00. The minimum absolute atomic E-state index is 0.163. The molecule has 0 aromatic heterocycles. The van der Waals surface area contributed by atoms with Crippen LogP contribution in [0.1, 0.15) is 6.92 Å². The van der Waals surface area contributed by atoms with Gasteiger partial charge in [-0.2, -0.15) is 0 Å². The van der Waals surface area contributed by atoms with Crippen LogP contribution < -0.4 is 0 Å². The third-order valence-electron chi connectivity index (χ3n) is 0.313. The van der Waals surface area contributed by atoms with Gasteiger partial charge in [0.15, 0.2) is 0 Å². The second kappa shape index (κ2) is 2.59. The molecule has 0 saturated carbocycles. The minimum Gasteiger partial charge on any atom is -0.285 e. The van der Waals surface area contributed by atoms with Crippen LogP contribution in [0.25, 0.3) is 0 Å². The Balaban J connectivity index is 3.26. The molecule has 0 aromatic carbocycles. The Labute approximate surface area is 49.8 Å². The van der Waals surface area contributed by atoms with E-state index in [-0.39, 0.29) is 4.69 Å². The topological polar surface area (TPSA) is 17.1 Å². The zero-order valence-electron chi connectivity index (χ0n) is 3.24. The van der Waals surface area contributed by atoms with Crippen molar-refractivity contribution in [2.24, 2.45) is 0 Å². The maximum atomic E-state index is 9.93. The molecule has 1 nitrogen and oxygen atoms in total. The average molecular weight is 171 g/mol. The van der Waals surface area contributed by atoms with E-state index in [1.165, 1.54) is 0 Å². The molecule has 0 aliphatic carbocycles. The summed E-state index contributed by atoms with van der Waals surface area (Å²) in [4.78, 5) is 9.93. The van der Waals surface area contributed by atoms with Crippen molar-refractivity contribution in [3.63, 3.8) is 0 Å². The molecule has 0 amide bonds. The highest BCUT2D eigenvalue weighted by molar-refractivity contribution is 9.18. The third-order valence-corrected chi connectivity index (χ3v) is 1.46. The average Bonchev–Trinajstić information content (AvgIpc) is 1.36. The molecular formula is C3H4BrClO. The summed E-state index contributed by atoms with van der Waals surface area (Å²) >= 11 is 7.88. The Morgan fingerprint density at radius 1 is 2.00 bits per heavy atom. The predicted molar refractivity (Wildman–Crippen MR) is 29.2 cm³/mol. The van der Waals surface area contributed by atoms with Crippen molar-refractivity contribution < 1.29 is 4.79 Å². The standard InChI is InChI=1S/C3H4BrClO/c1-2(5)3(4)6/h2H,1H3/t2-/m1/s1. The first kappa shape index (κ1) is 6.44. The van der Waals surface area contributed by atoms with Gasteiger partial charge >= 0.3 is 0 Å². The molecule has 0 bridgehead atoms. The summed E-state index contributed by atoms with van der Waals surface area (Å²) in [6, 6.07) is 0. The highest BCUT2D eigenvalue weighted by Crippen LogP contribution is 1.99. The second-order valence-electron chi connectivity index (χ2n) is 0.920. The molecule has 0 heterocycles. The second-order valence-corrected chi connectivity index (χ2v) is 2.36. The van der Waals surface area contributed by atoms with E-state index < -0.39 is 5.38 Å². The lowest BCUT2D eigenvalue weighted by Gasteiger charge is -1.85. The van der Waals surface area contributed by atoms with Gasteiger partial charge in [0, 0.05) is 0 Å². The summed E-state index contributed by atoms with van der Waals surface area (Å²) in [6.07, 6.45) is 0. The minimum atomic E-state index is -0.398. The number of carbonyl (C=O) groups excluding carboxylic acids is 1. The molecule has 0 rings (SSSR count). The molecular weight excluding hydrogens is 167 g/mol. The van der Waals surface area contributed by atoms with Crippen LogP contribution in [0.3, 0.4) is 0 Å². The smallest absolute Gasteiger partial charge is 0.215 e. The van der Waals surface area contributed by atoms with Crippen molar-refractivity contribution >= 4 is 32.2 Å². The van der Waals surface area contributed by atoms with Crippen LogP contribution in [-0.4, -0.2) is 10.1 Å². The van der Waals surface area contributed by atoms with Gasteiger partial charge in [-0.15, -0.1) is 11.6 Å². The molecule has 0 aromatic rings. The van der Waals surface area contributed by atoms with E-state index in [4.69, 9.17) is 11.6 Å². The summed E-state index contributed by atoms with van der Waals surface area (Å²) < 4.78 is -0.163. The number of carbonyl (C=O) groups is 1. The molecule has 3 heteroatoms. The van der Waals surface area contributed by atoms with Crippen molar-refractivity contribution in [1.82, 2.24) is 0 Å². The van der Waals surface area contributed by atoms with E-state index in [1.807, 2.05) is 0 Å². The number of halogens is 2. The van der Waals surface area contributed by atoms with Gasteiger partial charge in [-0.05, 0) is 22.9 Å². The van der Waals surface area contributed by atoms with Crippen LogP contribution in [0.2, 0.25) is 0 Å². The highest BCUT2D eigenvalue weighted by atomic mass is 79.9. The van der Waals surface area contributed by atoms with Gasteiger partial charge in [-0.25, -0.2) is 0 Å². The largest absolute Gasteiger partial charge is 0.285 e. The van der Waals surface area contributed by atoms with Crippen molar-refractivity contribution in [2.45, 2.75) is 12.3 Å². The zero-order valence-corrected chi connectivity index (χ0v) is 5.58. The third kappa shape index (κ3) is 2.67. The normalized spacial score (nSPS) is 13.8. The van der Waals surface area contributed by atoms with Gasteiger partial charge in [0.25, 0.3) is 0 Å². The summed E-state index contributed by atoms with van der Waals surface area (Å²) in [5.41, 5.74) is 0. The fourth-order valence-corrected chi connectivity index (χ4v) is 0. The summed E-state index contributed by atoms with van der Waals surface area (Å²) in [6.45, 7) is 1.61. The Morgan fingerprint density at radius 3 is 2.17 bits per heavy atom. The molecule has 0 aliphatic rings. The molecule has 0 unspecified atom stereocenters. The Hall–Kier alpha value is 0.440. The number of rotatable bonds is 1. The van der Waals surface area contributed by atoms with Gasteiger partial charge in [0.1, 0.15) is 5.38 Å². The van der Waals surface area contributed by atoms with E-state index >= 15 is 0 Å². The van der Waals surface area contributed by atoms with Gasteiger partial charge < -0.3 is 0 Å². The molecule has 6 heavy (non-hydrogen) atoms. The van der Waals surface area contributed by atoms with Crippen molar-refractivity contribution in [3.8, 4) is 0 Å². The molecule has 36 valence electrons. The van der Waals surface area contributed by atoms with Gasteiger partial charge in [0.2, 0.25) is 4.69 Å². The Morgan fingerprint density at radius 2 is 2.17 bits per heavy atom. The van der Waals surface area contributed by atoms with Crippen molar-refractivity contribution in [2.75, 3.05) is 0 Å². The first-order valence-corrected chi connectivity index (χ1v) is 2.71. The monoisotopic (exact) mass is 170 g/mol. The zero-order chi connectivity index (χ0) is 5.15. The fraction of sp³-hybridized carbons (Fsp3) is 0.667. The summed E-state index contributed by atoms with van der Waals surface area (Å²) in [5, 5.41) is -0.398. The van der Waals surface area contributed by atoms with Crippen LogP contribution >= 0.6 is 27.5 Å². The lowest BCUT2D eigenvalue weighted by atomic mass is 10.5. The first-order valence-electron chi connectivity index (χ1n) is 1.48. The quantitative estimate of drug-likeness (QED) is 0.432.